The van der Waals surface area contributed by atoms with Crippen LogP contribution in [0.1, 0.15) is 17.0 Å². The van der Waals surface area contributed by atoms with Gasteiger partial charge in [-0.2, -0.15) is 0 Å². The van der Waals surface area contributed by atoms with Crippen molar-refractivity contribution in [2.75, 3.05) is 26.0 Å². The monoisotopic (exact) mass is 308 g/mol. The van der Waals surface area contributed by atoms with Gasteiger partial charge in [-0.15, -0.1) is 0 Å². The molecular weight excluding hydrogens is 292 g/mol. The van der Waals surface area contributed by atoms with Gasteiger partial charge in [-0.25, -0.2) is 0 Å². The average Bonchev–Trinajstić information content (AvgIpc) is 2.95. The number of anilines is 1. The highest BCUT2D eigenvalue weighted by Gasteiger charge is 2.13. The number of carbonyl (C=O) groups is 1. The lowest BCUT2D eigenvalue weighted by molar-refractivity contribution is 0.0922. The van der Waals surface area contributed by atoms with Crippen molar-refractivity contribution in [1.29, 1.82) is 0 Å². The summed E-state index contributed by atoms with van der Waals surface area (Å²) in [5.41, 5.74) is 6.98. The zero-order valence-electron chi connectivity index (χ0n) is 11.7. The first-order chi connectivity index (χ1) is 10.1. The number of rotatable bonds is 6. The molecule has 0 unspecified atom stereocenters. The van der Waals surface area contributed by atoms with Gasteiger partial charge in [-0.3, -0.25) is 4.79 Å². The first-order valence-electron chi connectivity index (χ1n) is 6.54. The van der Waals surface area contributed by atoms with E-state index < -0.39 is 0 Å². The standard InChI is InChI=1S/C15H17ClN2O3/c1-20-8-2-7-18-15(19)14-6-5-13(21-14)11-9-10(17)3-4-12(11)16/h3-6,9H,2,7-8,17H2,1H3,(H,18,19). The van der Waals surface area contributed by atoms with Crippen LogP contribution in [0.5, 0.6) is 0 Å². The summed E-state index contributed by atoms with van der Waals surface area (Å²) in [7, 11) is 1.62. The summed E-state index contributed by atoms with van der Waals surface area (Å²) in [5, 5.41) is 3.27. The van der Waals surface area contributed by atoms with E-state index in [1.807, 2.05) is 0 Å². The molecule has 1 heterocycles. The van der Waals surface area contributed by atoms with Crippen LogP contribution in [0.15, 0.2) is 34.7 Å². The topological polar surface area (TPSA) is 77.5 Å². The molecule has 0 aliphatic carbocycles. The lowest BCUT2D eigenvalue weighted by Gasteiger charge is -2.03. The maximum atomic E-state index is 11.9. The Hall–Kier alpha value is -1.98. The van der Waals surface area contributed by atoms with E-state index >= 15 is 0 Å². The van der Waals surface area contributed by atoms with Crippen LogP contribution in [-0.2, 0) is 4.74 Å². The number of hydrogen-bond acceptors (Lipinski definition) is 4. The molecule has 0 saturated carbocycles. The number of methoxy groups -OCH3 is 1. The van der Waals surface area contributed by atoms with Gasteiger partial charge in [0.15, 0.2) is 5.76 Å². The fraction of sp³-hybridized carbons (Fsp3) is 0.267. The van der Waals surface area contributed by atoms with Crippen LogP contribution in [0.2, 0.25) is 5.02 Å². The highest BCUT2D eigenvalue weighted by molar-refractivity contribution is 6.33. The summed E-state index contributed by atoms with van der Waals surface area (Å²) in [6.45, 7) is 1.13. The van der Waals surface area contributed by atoms with Crippen molar-refractivity contribution in [2.45, 2.75) is 6.42 Å². The smallest absolute Gasteiger partial charge is 0.287 e. The second-order valence-electron chi connectivity index (χ2n) is 4.51. The van der Waals surface area contributed by atoms with Gasteiger partial charge in [-0.05, 0) is 36.8 Å². The second-order valence-corrected chi connectivity index (χ2v) is 4.91. The van der Waals surface area contributed by atoms with Crippen molar-refractivity contribution in [3.8, 4) is 11.3 Å². The van der Waals surface area contributed by atoms with Crippen molar-refractivity contribution in [2.24, 2.45) is 0 Å². The Morgan fingerprint density at radius 1 is 1.38 bits per heavy atom. The SMILES string of the molecule is COCCCNC(=O)c1ccc(-c2cc(N)ccc2Cl)o1. The third kappa shape index (κ3) is 4.00. The molecule has 1 aromatic heterocycles. The Bertz CT molecular complexity index is 625. The molecule has 6 heteroatoms. The molecule has 21 heavy (non-hydrogen) atoms. The van der Waals surface area contributed by atoms with Gasteiger partial charge in [0.25, 0.3) is 5.91 Å². The van der Waals surface area contributed by atoms with Crippen molar-refractivity contribution >= 4 is 23.2 Å². The number of carbonyl (C=O) groups excluding carboxylic acids is 1. The number of nitrogens with one attached hydrogen (secondary N) is 1. The molecule has 0 bridgehead atoms. The molecule has 3 N–H and O–H groups in total. The van der Waals surface area contributed by atoms with Gasteiger partial charge in [0.05, 0.1) is 5.02 Å². The van der Waals surface area contributed by atoms with E-state index in [0.717, 1.165) is 6.42 Å². The number of amides is 1. The minimum atomic E-state index is -0.266. The van der Waals surface area contributed by atoms with Gasteiger partial charge in [0.2, 0.25) is 0 Å². The lowest BCUT2D eigenvalue weighted by Crippen LogP contribution is -2.24. The lowest BCUT2D eigenvalue weighted by atomic mass is 10.1. The van der Waals surface area contributed by atoms with Crippen molar-refractivity contribution in [3.63, 3.8) is 0 Å². The molecule has 1 aromatic carbocycles. The molecule has 0 spiro atoms. The highest BCUT2D eigenvalue weighted by Crippen LogP contribution is 2.31. The Balaban J connectivity index is 2.07. The fourth-order valence-electron chi connectivity index (χ4n) is 1.84. The van der Waals surface area contributed by atoms with Crippen LogP contribution in [0.3, 0.4) is 0 Å². The number of nitrogen functional groups attached to an aromatic ring is 1. The third-order valence-electron chi connectivity index (χ3n) is 2.90. The van der Waals surface area contributed by atoms with Gasteiger partial charge in [0.1, 0.15) is 5.76 Å². The highest BCUT2D eigenvalue weighted by atomic mass is 35.5. The summed E-state index contributed by atoms with van der Waals surface area (Å²) in [5.74, 6) is 0.479. The van der Waals surface area contributed by atoms with Crippen LogP contribution in [-0.4, -0.2) is 26.2 Å². The molecule has 0 radical (unpaired) electrons. The normalized spacial score (nSPS) is 10.6. The predicted octanol–water partition coefficient (Wildman–Crippen LogP) is 2.95. The van der Waals surface area contributed by atoms with Gasteiger partial charge in [0, 0.05) is 31.5 Å². The van der Waals surface area contributed by atoms with Gasteiger partial charge < -0.3 is 20.2 Å². The number of furan rings is 1. The predicted molar refractivity (Wildman–Crippen MR) is 82.4 cm³/mol. The molecular formula is C15H17ClN2O3. The van der Waals surface area contributed by atoms with Crippen LogP contribution in [0, 0.1) is 0 Å². The first kappa shape index (κ1) is 15.4. The van der Waals surface area contributed by atoms with E-state index in [9.17, 15) is 4.79 Å². The molecule has 0 atom stereocenters. The van der Waals surface area contributed by atoms with E-state index in [2.05, 4.69) is 5.32 Å². The number of nitrogens with two attached hydrogens (primary N) is 1. The maximum absolute atomic E-state index is 11.9. The Kier molecular flexibility index (Phi) is 5.25. The Labute approximate surface area is 128 Å². The molecule has 0 saturated heterocycles. The van der Waals surface area contributed by atoms with E-state index in [1.165, 1.54) is 0 Å². The zero-order valence-corrected chi connectivity index (χ0v) is 12.4. The number of ether oxygens (including phenoxy) is 1. The van der Waals surface area contributed by atoms with Crippen LogP contribution < -0.4 is 11.1 Å². The minimum Gasteiger partial charge on any atom is -0.451 e. The van der Waals surface area contributed by atoms with Gasteiger partial charge in [-0.1, -0.05) is 11.6 Å². The minimum absolute atomic E-state index is 0.237. The van der Waals surface area contributed by atoms with Crippen LogP contribution in [0.25, 0.3) is 11.3 Å². The summed E-state index contributed by atoms with van der Waals surface area (Å²) < 4.78 is 10.5. The number of halogens is 1. The quantitative estimate of drug-likeness (QED) is 0.635. The third-order valence-corrected chi connectivity index (χ3v) is 3.23. The average molecular weight is 309 g/mol. The fourth-order valence-corrected chi connectivity index (χ4v) is 2.05. The van der Waals surface area contributed by atoms with Gasteiger partial charge >= 0.3 is 0 Å². The Morgan fingerprint density at radius 2 is 2.19 bits per heavy atom. The van der Waals surface area contributed by atoms with E-state index in [1.54, 1.807) is 37.4 Å². The first-order valence-corrected chi connectivity index (χ1v) is 6.92. The summed E-state index contributed by atoms with van der Waals surface area (Å²) in [6, 6.07) is 8.42. The largest absolute Gasteiger partial charge is 0.451 e. The van der Waals surface area contributed by atoms with Crippen molar-refractivity contribution < 1.29 is 13.9 Å². The number of benzene rings is 1. The number of hydrogen-bond donors (Lipinski definition) is 2. The molecule has 2 rings (SSSR count). The molecule has 1 amide bonds. The molecule has 0 aliphatic rings. The summed E-state index contributed by atoms with van der Waals surface area (Å²) in [6.07, 6.45) is 0.747. The Morgan fingerprint density at radius 3 is 2.95 bits per heavy atom. The molecule has 5 nitrogen and oxygen atoms in total. The van der Waals surface area contributed by atoms with E-state index in [4.69, 9.17) is 26.5 Å². The van der Waals surface area contributed by atoms with Crippen molar-refractivity contribution in [3.05, 3.63) is 41.1 Å². The molecule has 2 aromatic rings. The maximum Gasteiger partial charge on any atom is 0.287 e. The molecule has 0 aliphatic heterocycles. The second kappa shape index (κ2) is 7.15. The van der Waals surface area contributed by atoms with E-state index in [0.29, 0.717) is 35.2 Å². The van der Waals surface area contributed by atoms with Crippen LogP contribution >= 0.6 is 11.6 Å². The summed E-state index contributed by atoms with van der Waals surface area (Å²) in [4.78, 5) is 11.9. The molecule has 0 fully saturated rings. The van der Waals surface area contributed by atoms with E-state index in [-0.39, 0.29) is 11.7 Å². The zero-order chi connectivity index (χ0) is 15.2. The summed E-state index contributed by atoms with van der Waals surface area (Å²) >= 11 is 6.11. The van der Waals surface area contributed by atoms with Crippen LogP contribution in [0.4, 0.5) is 5.69 Å². The molecule has 112 valence electrons. The van der Waals surface area contributed by atoms with Crippen molar-refractivity contribution in [1.82, 2.24) is 5.32 Å².